The number of carbonyl (C=O) groups is 1. The predicted octanol–water partition coefficient (Wildman–Crippen LogP) is 3.14. The first-order valence-corrected chi connectivity index (χ1v) is 6.44. The average molecular weight is 252 g/mol. The molecule has 96 valence electrons. The highest BCUT2D eigenvalue weighted by molar-refractivity contribution is 5.68. The van der Waals surface area contributed by atoms with Gasteiger partial charge in [0, 0.05) is 0 Å². The summed E-state index contributed by atoms with van der Waals surface area (Å²) in [6, 6.07) is 16.4. The highest BCUT2D eigenvalue weighted by Crippen LogP contribution is 2.50. The van der Waals surface area contributed by atoms with Gasteiger partial charge in [0.15, 0.2) is 18.0 Å². The molecule has 1 saturated heterocycles. The van der Waals surface area contributed by atoms with Gasteiger partial charge in [-0.25, -0.2) is 0 Å². The quantitative estimate of drug-likeness (QED) is 0.620. The first kappa shape index (κ1) is 12.1. The number of aryl methyl sites for hydroxylation is 2. The van der Waals surface area contributed by atoms with Gasteiger partial charge in [0.1, 0.15) is 0 Å². The van der Waals surface area contributed by atoms with E-state index in [1.807, 2.05) is 38.1 Å². The normalized spacial score (nSPS) is 20.0. The summed E-state index contributed by atoms with van der Waals surface area (Å²) in [5.74, 6) is 0. The SMILES string of the molecule is Cc1ccc(C2(c3ccc(C)cc3)OC2C=O)cc1. The van der Waals surface area contributed by atoms with Crippen LogP contribution in [0.2, 0.25) is 0 Å². The lowest BCUT2D eigenvalue weighted by Crippen LogP contribution is -2.15. The zero-order valence-electron chi connectivity index (χ0n) is 11.1. The Morgan fingerprint density at radius 2 is 1.32 bits per heavy atom. The van der Waals surface area contributed by atoms with Crippen LogP contribution in [-0.2, 0) is 15.1 Å². The summed E-state index contributed by atoms with van der Waals surface area (Å²) in [4.78, 5) is 11.1. The molecule has 1 heterocycles. The van der Waals surface area contributed by atoms with Crippen LogP contribution in [0, 0.1) is 13.8 Å². The molecule has 1 fully saturated rings. The largest absolute Gasteiger partial charge is 0.348 e. The van der Waals surface area contributed by atoms with Gasteiger partial charge in [0.2, 0.25) is 0 Å². The Kier molecular flexibility index (Phi) is 2.76. The molecule has 2 aromatic rings. The molecule has 0 N–H and O–H groups in total. The van der Waals surface area contributed by atoms with Crippen molar-refractivity contribution in [3.8, 4) is 0 Å². The zero-order chi connectivity index (χ0) is 13.5. The minimum atomic E-state index is -0.580. The molecule has 1 aliphatic rings. The van der Waals surface area contributed by atoms with Crippen molar-refractivity contribution in [3.05, 3.63) is 70.8 Å². The molecule has 0 spiro atoms. The van der Waals surface area contributed by atoms with E-state index in [0.29, 0.717) is 0 Å². The third-order valence-electron chi connectivity index (χ3n) is 3.74. The summed E-state index contributed by atoms with van der Waals surface area (Å²) < 4.78 is 5.74. The first-order valence-electron chi connectivity index (χ1n) is 6.44. The van der Waals surface area contributed by atoms with Crippen LogP contribution in [0.1, 0.15) is 22.3 Å². The van der Waals surface area contributed by atoms with E-state index in [2.05, 4.69) is 24.3 Å². The molecule has 2 heteroatoms. The predicted molar refractivity (Wildman–Crippen MR) is 74.1 cm³/mol. The number of ether oxygens (including phenoxy) is 1. The van der Waals surface area contributed by atoms with Crippen LogP contribution in [0.15, 0.2) is 48.5 Å². The maximum Gasteiger partial charge on any atom is 0.152 e. The van der Waals surface area contributed by atoms with Crippen LogP contribution in [0.3, 0.4) is 0 Å². The van der Waals surface area contributed by atoms with Gasteiger partial charge in [-0.15, -0.1) is 0 Å². The standard InChI is InChI=1S/C17H16O2/c1-12-3-7-14(8-4-12)17(16(11-18)19-17)15-9-5-13(2)6-10-15/h3-11,16H,1-2H3. The molecule has 1 atom stereocenters. The number of rotatable bonds is 3. The topological polar surface area (TPSA) is 29.6 Å². The Morgan fingerprint density at radius 3 is 1.63 bits per heavy atom. The van der Waals surface area contributed by atoms with Gasteiger partial charge in [0.25, 0.3) is 0 Å². The molecular weight excluding hydrogens is 236 g/mol. The minimum absolute atomic E-state index is 0.377. The number of aldehydes is 1. The third kappa shape index (κ3) is 1.89. The van der Waals surface area contributed by atoms with Crippen molar-refractivity contribution in [1.29, 1.82) is 0 Å². The summed E-state index contributed by atoms with van der Waals surface area (Å²) in [7, 11) is 0. The summed E-state index contributed by atoms with van der Waals surface area (Å²) in [6.07, 6.45) is 0.512. The van der Waals surface area contributed by atoms with E-state index in [9.17, 15) is 4.79 Å². The first-order chi connectivity index (χ1) is 9.16. The summed E-state index contributed by atoms with van der Waals surface area (Å²) in [5.41, 5.74) is 3.90. The van der Waals surface area contributed by atoms with Gasteiger partial charge in [0.05, 0.1) is 0 Å². The van der Waals surface area contributed by atoms with Gasteiger partial charge in [-0.05, 0) is 25.0 Å². The number of epoxide rings is 1. The summed E-state index contributed by atoms with van der Waals surface area (Å²) in [5, 5.41) is 0. The maximum atomic E-state index is 11.1. The Bertz CT molecular complexity index is 551. The van der Waals surface area contributed by atoms with Crippen LogP contribution in [0.5, 0.6) is 0 Å². The number of hydrogen-bond donors (Lipinski definition) is 0. The molecule has 0 bridgehead atoms. The van der Waals surface area contributed by atoms with Crippen molar-refractivity contribution in [2.24, 2.45) is 0 Å². The van der Waals surface area contributed by atoms with Crippen molar-refractivity contribution in [3.63, 3.8) is 0 Å². The van der Waals surface area contributed by atoms with Gasteiger partial charge in [-0.3, -0.25) is 0 Å². The second-order valence-corrected chi connectivity index (χ2v) is 5.14. The van der Waals surface area contributed by atoms with Crippen LogP contribution < -0.4 is 0 Å². The van der Waals surface area contributed by atoms with Crippen molar-refractivity contribution < 1.29 is 9.53 Å². The molecule has 1 aliphatic heterocycles. The van der Waals surface area contributed by atoms with E-state index in [0.717, 1.165) is 17.4 Å². The van der Waals surface area contributed by atoms with Crippen LogP contribution in [-0.4, -0.2) is 12.4 Å². The monoisotopic (exact) mass is 252 g/mol. The van der Waals surface area contributed by atoms with Crippen LogP contribution >= 0.6 is 0 Å². The second-order valence-electron chi connectivity index (χ2n) is 5.14. The lowest BCUT2D eigenvalue weighted by molar-refractivity contribution is -0.108. The highest BCUT2D eigenvalue weighted by atomic mass is 16.6. The van der Waals surface area contributed by atoms with Gasteiger partial charge in [-0.1, -0.05) is 59.7 Å². The molecule has 1 unspecified atom stereocenters. The fourth-order valence-electron chi connectivity index (χ4n) is 2.52. The Labute approximate surface area is 113 Å². The van der Waals surface area contributed by atoms with E-state index < -0.39 is 5.60 Å². The minimum Gasteiger partial charge on any atom is -0.348 e. The number of hydrogen-bond acceptors (Lipinski definition) is 2. The number of benzene rings is 2. The third-order valence-corrected chi connectivity index (χ3v) is 3.74. The van der Waals surface area contributed by atoms with Gasteiger partial charge < -0.3 is 9.53 Å². The molecule has 0 aliphatic carbocycles. The number of carbonyl (C=O) groups excluding carboxylic acids is 1. The van der Waals surface area contributed by atoms with E-state index in [-0.39, 0.29) is 6.10 Å². The molecule has 3 rings (SSSR count). The zero-order valence-corrected chi connectivity index (χ0v) is 11.1. The maximum absolute atomic E-state index is 11.1. The highest BCUT2D eigenvalue weighted by Gasteiger charge is 2.59. The van der Waals surface area contributed by atoms with Gasteiger partial charge in [-0.2, -0.15) is 0 Å². The molecule has 19 heavy (non-hydrogen) atoms. The lowest BCUT2D eigenvalue weighted by Gasteiger charge is -2.14. The van der Waals surface area contributed by atoms with Crippen molar-refractivity contribution in [2.75, 3.05) is 0 Å². The Hall–Kier alpha value is -1.93. The average Bonchev–Trinajstić information content (AvgIpc) is 3.16. The summed E-state index contributed by atoms with van der Waals surface area (Å²) in [6.45, 7) is 4.10. The van der Waals surface area contributed by atoms with Crippen molar-refractivity contribution >= 4 is 6.29 Å². The van der Waals surface area contributed by atoms with Gasteiger partial charge >= 0.3 is 0 Å². The lowest BCUT2D eigenvalue weighted by atomic mass is 9.87. The van der Waals surface area contributed by atoms with E-state index >= 15 is 0 Å². The van der Waals surface area contributed by atoms with Crippen LogP contribution in [0.4, 0.5) is 0 Å². The molecule has 0 amide bonds. The molecule has 2 aromatic carbocycles. The van der Waals surface area contributed by atoms with Crippen molar-refractivity contribution in [1.82, 2.24) is 0 Å². The van der Waals surface area contributed by atoms with Crippen LogP contribution in [0.25, 0.3) is 0 Å². The molecule has 0 aromatic heterocycles. The molecule has 2 nitrogen and oxygen atoms in total. The smallest absolute Gasteiger partial charge is 0.152 e. The molecular formula is C17H16O2. The fourth-order valence-corrected chi connectivity index (χ4v) is 2.52. The Morgan fingerprint density at radius 1 is 0.895 bits per heavy atom. The van der Waals surface area contributed by atoms with Crippen molar-refractivity contribution in [2.45, 2.75) is 25.6 Å². The second kappa shape index (κ2) is 4.32. The summed E-state index contributed by atoms with van der Waals surface area (Å²) >= 11 is 0. The van der Waals surface area contributed by atoms with E-state index in [1.54, 1.807) is 0 Å². The fraction of sp³-hybridized carbons (Fsp3) is 0.235. The molecule has 0 saturated carbocycles. The van der Waals surface area contributed by atoms with E-state index in [4.69, 9.17) is 4.74 Å². The molecule has 0 radical (unpaired) electrons. The Balaban J connectivity index is 2.08. The van der Waals surface area contributed by atoms with E-state index in [1.165, 1.54) is 11.1 Å².